The first-order valence-electron chi connectivity index (χ1n) is 8.74. The second-order valence-electron chi connectivity index (χ2n) is 6.65. The summed E-state index contributed by atoms with van der Waals surface area (Å²) in [5.74, 6) is -0.127. The Morgan fingerprint density at radius 1 is 1.12 bits per heavy atom. The van der Waals surface area contributed by atoms with Gasteiger partial charge in [0.25, 0.3) is 11.6 Å². The van der Waals surface area contributed by atoms with Crippen LogP contribution in [0.4, 0.5) is 5.69 Å². The lowest BCUT2D eigenvalue weighted by molar-refractivity contribution is -0.385. The number of amides is 1. The van der Waals surface area contributed by atoms with Crippen LogP contribution in [0.15, 0.2) is 24.4 Å². The molecule has 2 saturated heterocycles. The highest BCUT2D eigenvalue weighted by Crippen LogP contribution is 2.26. The lowest BCUT2D eigenvalue weighted by Gasteiger charge is -2.32. The number of piperazine rings is 1. The van der Waals surface area contributed by atoms with Gasteiger partial charge in [0.05, 0.1) is 16.1 Å². The Labute approximate surface area is 147 Å². The summed E-state index contributed by atoms with van der Waals surface area (Å²) < 4.78 is 0. The van der Waals surface area contributed by atoms with E-state index in [4.69, 9.17) is 0 Å². The average Bonchev–Trinajstić information content (AvgIpc) is 3.13. The van der Waals surface area contributed by atoms with Crippen molar-refractivity contribution in [2.75, 3.05) is 46.3 Å². The molecule has 1 aromatic rings. The van der Waals surface area contributed by atoms with Gasteiger partial charge in [-0.2, -0.15) is 0 Å². The van der Waals surface area contributed by atoms with Gasteiger partial charge in [-0.05, 0) is 38.2 Å². The Morgan fingerprint density at radius 3 is 2.44 bits per heavy atom. The topological polar surface area (TPSA) is 69.9 Å². The maximum Gasteiger partial charge on any atom is 0.277 e. The summed E-state index contributed by atoms with van der Waals surface area (Å²) in [4.78, 5) is 30.1. The van der Waals surface area contributed by atoms with Crippen molar-refractivity contribution < 1.29 is 9.72 Å². The normalized spacial score (nSPS) is 18.9. The van der Waals surface area contributed by atoms with Crippen LogP contribution in [0.5, 0.6) is 0 Å². The highest BCUT2D eigenvalue weighted by atomic mass is 16.6. The van der Waals surface area contributed by atoms with E-state index in [0.29, 0.717) is 24.2 Å². The number of benzene rings is 1. The molecule has 0 atom stereocenters. The monoisotopic (exact) mass is 344 g/mol. The minimum atomic E-state index is -0.412. The third-order valence-electron chi connectivity index (χ3n) is 4.89. The van der Waals surface area contributed by atoms with E-state index >= 15 is 0 Å². The Balaban J connectivity index is 1.90. The molecule has 0 N–H and O–H groups in total. The molecule has 3 rings (SSSR count). The molecular weight excluding hydrogens is 320 g/mol. The zero-order valence-corrected chi connectivity index (χ0v) is 14.6. The van der Waals surface area contributed by atoms with Crippen molar-refractivity contribution in [3.05, 3.63) is 45.6 Å². The fourth-order valence-corrected chi connectivity index (χ4v) is 3.32. The van der Waals surface area contributed by atoms with Crippen LogP contribution in [0, 0.1) is 10.1 Å². The molecule has 2 heterocycles. The number of hydrogen-bond donors (Lipinski definition) is 0. The van der Waals surface area contributed by atoms with Crippen molar-refractivity contribution in [3.63, 3.8) is 0 Å². The summed E-state index contributed by atoms with van der Waals surface area (Å²) in [6.07, 6.45) is 5.88. The van der Waals surface area contributed by atoms with E-state index < -0.39 is 4.92 Å². The van der Waals surface area contributed by atoms with Crippen LogP contribution >= 0.6 is 0 Å². The highest BCUT2D eigenvalue weighted by molar-refractivity contribution is 5.99. The van der Waals surface area contributed by atoms with E-state index in [1.807, 2.05) is 13.2 Å². The largest absolute Gasteiger partial charge is 0.377 e. The molecule has 0 spiro atoms. The molecule has 7 heteroatoms. The van der Waals surface area contributed by atoms with Gasteiger partial charge >= 0.3 is 0 Å². The Morgan fingerprint density at radius 2 is 1.80 bits per heavy atom. The van der Waals surface area contributed by atoms with Crippen molar-refractivity contribution in [1.82, 2.24) is 14.7 Å². The van der Waals surface area contributed by atoms with Crippen LogP contribution in [0.1, 0.15) is 28.8 Å². The van der Waals surface area contributed by atoms with Crippen LogP contribution in [-0.4, -0.2) is 71.8 Å². The van der Waals surface area contributed by atoms with Crippen LogP contribution < -0.4 is 0 Å². The second-order valence-corrected chi connectivity index (χ2v) is 6.65. The number of nitro benzene ring substituents is 1. The first kappa shape index (κ1) is 17.4. The molecule has 0 aromatic heterocycles. The maximum atomic E-state index is 12.9. The van der Waals surface area contributed by atoms with Gasteiger partial charge in [-0.15, -0.1) is 0 Å². The van der Waals surface area contributed by atoms with Crippen molar-refractivity contribution in [1.29, 1.82) is 0 Å². The Bertz CT molecular complexity index is 675. The van der Waals surface area contributed by atoms with Crippen LogP contribution in [0.2, 0.25) is 0 Å². The SMILES string of the molecule is CN1CCN(C(=O)c2cccc([N+](=O)[O-])c2/C=C/N2CCCC2)CC1. The third kappa shape index (κ3) is 3.99. The van der Waals surface area contributed by atoms with Crippen molar-refractivity contribution in [3.8, 4) is 0 Å². The van der Waals surface area contributed by atoms with Crippen molar-refractivity contribution in [2.45, 2.75) is 12.8 Å². The first-order chi connectivity index (χ1) is 12.1. The number of carbonyl (C=O) groups is 1. The molecule has 7 nitrogen and oxygen atoms in total. The minimum absolute atomic E-state index is 0.0181. The summed E-state index contributed by atoms with van der Waals surface area (Å²) in [7, 11) is 2.03. The summed E-state index contributed by atoms with van der Waals surface area (Å²) in [5.41, 5.74) is 0.799. The molecular formula is C18H24N4O3. The highest BCUT2D eigenvalue weighted by Gasteiger charge is 2.25. The number of nitrogens with zero attached hydrogens (tertiary/aromatic N) is 4. The number of rotatable bonds is 4. The number of likely N-dealkylation sites (tertiary alicyclic amines) is 1. The molecule has 1 amide bonds. The van der Waals surface area contributed by atoms with E-state index in [1.54, 1.807) is 23.1 Å². The second kappa shape index (κ2) is 7.65. The van der Waals surface area contributed by atoms with E-state index in [-0.39, 0.29) is 11.6 Å². The molecule has 2 aliphatic rings. The zero-order valence-electron chi connectivity index (χ0n) is 14.6. The molecule has 0 saturated carbocycles. The van der Waals surface area contributed by atoms with Crippen LogP contribution in [0.3, 0.4) is 0 Å². The minimum Gasteiger partial charge on any atom is -0.377 e. The maximum absolute atomic E-state index is 12.9. The standard InChI is InChI=1S/C18H24N4O3/c1-19-11-13-21(14-12-19)18(23)16-5-4-6-17(22(24)25)15(16)7-10-20-8-2-3-9-20/h4-7,10H,2-3,8-9,11-14H2,1H3/b10-7+. The van der Waals surface area contributed by atoms with Gasteiger partial charge in [0.1, 0.15) is 0 Å². The molecule has 2 fully saturated rings. The fourth-order valence-electron chi connectivity index (χ4n) is 3.32. The van der Waals surface area contributed by atoms with Crippen molar-refractivity contribution in [2.24, 2.45) is 0 Å². The lowest BCUT2D eigenvalue weighted by Crippen LogP contribution is -2.47. The van der Waals surface area contributed by atoms with E-state index in [1.165, 1.54) is 6.07 Å². The fraction of sp³-hybridized carbons (Fsp3) is 0.500. The Kier molecular flexibility index (Phi) is 5.33. The van der Waals surface area contributed by atoms with Gasteiger partial charge in [0.15, 0.2) is 0 Å². The molecule has 0 unspecified atom stereocenters. The van der Waals surface area contributed by atoms with Crippen molar-refractivity contribution >= 4 is 17.7 Å². The molecule has 25 heavy (non-hydrogen) atoms. The van der Waals surface area contributed by atoms with Crippen LogP contribution in [-0.2, 0) is 0 Å². The molecule has 0 aliphatic carbocycles. The quantitative estimate of drug-likeness (QED) is 0.618. The van der Waals surface area contributed by atoms with Gasteiger partial charge < -0.3 is 14.7 Å². The van der Waals surface area contributed by atoms with Gasteiger partial charge in [0.2, 0.25) is 0 Å². The summed E-state index contributed by atoms with van der Waals surface area (Å²) >= 11 is 0. The van der Waals surface area contributed by atoms with E-state index in [2.05, 4.69) is 9.80 Å². The number of nitro groups is 1. The Hall–Kier alpha value is -2.41. The lowest BCUT2D eigenvalue weighted by atomic mass is 10.0. The number of likely N-dealkylation sites (N-methyl/N-ethyl adjacent to an activating group) is 1. The predicted octanol–water partition coefficient (Wildman–Crippen LogP) is 2.05. The first-order valence-corrected chi connectivity index (χ1v) is 8.74. The van der Waals surface area contributed by atoms with Crippen LogP contribution in [0.25, 0.3) is 6.08 Å². The molecule has 0 radical (unpaired) electrons. The number of carbonyl (C=O) groups excluding carboxylic acids is 1. The third-order valence-corrected chi connectivity index (χ3v) is 4.89. The average molecular weight is 344 g/mol. The summed E-state index contributed by atoms with van der Waals surface area (Å²) in [6, 6.07) is 4.75. The molecule has 1 aromatic carbocycles. The van der Waals surface area contributed by atoms with E-state index in [0.717, 1.165) is 39.0 Å². The molecule has 0 bridgehead atoms. The van der Waals surface area contributed by atoms with Gasteiger partial charge in [-0.25, -0.2) is 0 Å². The molecule has 2 aliphatic heterocycles. The number of hydrogen-bond acceptors (Lipinski definition) is 5. The van der Waals surface area contributed by atoms with Gasteiger partial charge in [-0.3, -0.25) is 14.9 Å². The molecule has 134 valence electrons. The zero-order chi connectivity index (χ0) is 17.8. The predicted molar refractivity (Wildman–Crippen MR) is 96.3 cm³/mol. The summed E-state index contributed by atoms with van der Waals surface area (Å²) in [6.45, 7) is 4.84. The summed E-state index contributed by atoms with van der Waals surface area (Å²) in [5, 5.41) is 11.4. The van der Waals surface area contributed by atoms with Gasteiger partial charge in [0, 0.05) is 45.3 Å². The smallest absolute Gasteiger partial charge is 0.277 e. The van der Waals surface area contributed by atoms with E-state index in [9.17, 15) is 14.9 Å². The van der Waals surface area contributed by atoms with Gasteiger partial charge in [-0.1, -0.05) is 6.07 Å².